The fourth-order valence-electron chi connectivity index (χ4n) is 3.49. The summed E-state index contributed by atoms with van der Waals surface area (Å²) in [6, 6.07) is 5.12. The largest absolute Gasteiger partial charge is 0.326 e. The van der Waals surface area contributed by atoms with Crippen LogP contribution < -0.4 is 15.4 Å². The molecule has 1 saturated carbocycles. The highest BCUT2D eigenvalue weighted by Gasteiger charge is 2.29. The van der Waals surface area contributed by atoms with Crippen molar-refractivity contribution >= 4 is 34.0 Å². The van der Waals surface area contributed by atoms with Crippen LogP contribution in [0.3, 0.4) is 0 Å². The van der Waals surface area contributed by atoms with Gasteiger partial charge in [-0.1, -0.05) is 13.0 Å². The van der Waals surface area contributed by atoms with Crippen molar-refractivity contribution < 1.29 is 13.2 Å². The summed E-state index contributed by atoms with van der Waals surface area (Å²) in [5.41, 5.74) is 1.21. The zero-order valence-electron chi connectivity index (χ0n) is 16.0. The first-order valence-corrected chi connectivity index (χ1v) is 11.0. The number of piperidine rings is 1. The molecule has 1 aliphatic carbocycles. The number of carbonyl (C=O) groups excluding carboxylic acids is 1. The van der Waals surface area contributed by atoms with Gasteiger partial charge in [-0.2, -0.15) is 0 Å². The van der Waals surface area contributed by atoms with Crippen LogP contribution in [0, 0.1) is 18.8 Å². The second kappa shape index (κ2) is 9.37. The van der Waals surface area contributed by atoms with Gasteiger partial charge in [-0.25, -0.2) is 13.1 Å². The minimum atomic E-state index is -3.54. The zero-order valence-corrected chi connectivity index (χ0v) is 17.6. The van der Waals surface area contributed by atoms with Crippen molar-refractivity contribution in [3.63, 3.8) is 0 Å². The Balaban J connectivity index is 0.00000261. The van der Waals surface area contributed by atoms with E-state index >= 15 is 0 Å². The molecule has 2 atom stereocenters. The van der Waals surface area contributed by atoms with Gasteiger partial charge in [-0.3, -0.25) is 4.79 Å². The number of anilines is 1. The second-order valence-corrected chi connectivity index (χ2v) is 9.39. The molecular weight excluding hydrogens is 386 g/mol. The van der Waals surface area contributed by atoms with Gasteiger partial charge in [0.25, 0.3) is 0 Å². The van der Waals surface area contributed by atoms with E-state index in [0.29, 0.717) is 29.5 Å². The smallest absolute Gasteiger partial charge is 0.241 e. The Bertz CT molecular complexity index is 759. The molecule has 0 spiro atoms. The summed E-state index contributed by atoms with van der Waals surface area (Å²) in [5.74, 6) is 0.754. The molecule has 0 radical (unpaired) electrons. The molecule has 8 heteroatoms. The zero-order chi connectivity index (χ0) is 18.7. The molecule has 1 aliphatic heterocycles. The number of benzene rings is 1. The predicted molar refractivity (Wildman–Crippen MR) is 110 cm³/mol. The van der Waals surface area contributed by atoms with Crippen molar-refractivity contribution in [2.75, 3.05) is 18.4 Å². The standard InChI is InChI=1S/C19H29N3O3S.ClH/c1-13-5-6-17(11-18(13)26(24,25)22-16-7-8-16)21-19(23)10-14(2)15-4-3-9-20-12-15;/h5-6,11,14-16,20,22H,3-4,7-10,12H2,1-2H3,(H,21,23);1H. The van der Waals surface area contributed by atoms with Crippen molar-refractivity contribution in [2.45, 2.75) is 56.9 Å². The summed E-state index contributed by atoms with van der Waals surface area (Å²) in [6.45, 7) is 5.91. The number of amides is 1. The lowest BCUT2D eigenvalue weighted by molar-refractivity contribution is -0.117. The molecule has 1 heterocycles. The Labute approximate surface area is 168 Å². The van der Waals surface area contributed by atoms with Crippen LogP contribution in [0.5, 0.6) is 0 Å². The predicted octanol–water partition coefficient (Wildman–Crippen LogP) is 2.82. The van der Waals surface area contributed by atoms with Crippen LogP contribution in [-0.4, -0.2) is 33.5 Å². The molecule has 1 aromatic carbocycles. The third kappa shape index (κ3) is 6.17. The van der Waals surface area contributed by atoms with Gasteiger partial charge >= 0.3 is 0 Å². The third-order valence-electron chi connectivity index (χ3n) is 5.31. The molecule has 152 valence electrons. The van der Waals surface area contributed by atoms with Crippen molar-refractivity contribution in [1.29, 1.82) is 0 Å². The Morgan fingerprint density at radius 2 is 2.04 bits per heavy atom. The molecular formula is C19H30ClN3O3S. The number of sulfonamides is 1. The average Bonchev–Trinajstić information content (AvgIpc) is 3.40. The van der Waals surface area contributed by atoms with Gasteiger partial charge in [0.2, 0.25) is 15.9 Å². The monoisotopic (exact) mass is 415 g/mol. The van der Waals surface area contributed by atoms with Gasteiger partial charge in [0.05, 0.1) is 4.90 Å². The molecule has 0 bridgehead atoms. The van der Waals surface area contributed by atoms with E-state index in [2.05, 4.69) is 22.3 Å². The van der Waals surface area contributed by atoms with Crippen LogP contribution in [0.25, 0.3) is 0 Å². The van der Waals surface area contributed by atoms with E-state index in [1.807, 2.05) is 0 Å². The van der Waals surface area contributed by atoms with Crippen LogP contribution in [-0.2, 0) is 14.8 Å². The summed E-state index contributed by atoms with van der Waals surface area (Å²) in [4.78, 5) is 12.6. The molecule has 0 aromatic heterocycles. The first kappa shape index (κ1) is 22.1. The van der Waals surface area contributed by atoms with Gasteiger partial charge in [0, 0.05) is 18.2 Å². The Morgan fingerprint density at radius 3 is 2.67 bits per heavy atom. The SMILES string of the molecule is Cc1ccc(NC(=O)CC(C)C2CCCNC2)cc1S(=O)(=O)NC1CC1.Cl. The summed E-state index contributed by atoms with van der Waals surface area (Å²) in [7, 11) is -3.54. The quantitative estimate of drug-likeness (QED) is 0.639. The van der Waals surface area contributed by atoms with E-state index in [0.717, 1.165) is 38.8 Å². The minimum Gasteiger partial charge on any atom is -0.326 e. The van der Waals surface area contributed by atoms with Gasteiger partial charge in [0.15, 0.2) is 0 Å². The maximum atomic E-state index is 12.5. The maximum absolute atomic E-state index is 12.5. The van der Waals surface area contributed by atoms with Gasteiger partial charge in [0.1, 0.15) is 0 Å². The summed E-state index contributed by atoms with van der Waals surface area (Å²) in [5, 5.41) is 6.25. The number of carbonyl (C=O) groups is 1. The highest BCUT2D eigenvalue weighted by atomic mass is 35.5. The van der Waals surface area contributed by atoms with Crippen molar-refractivity contribution in [2.24, 2.45) is 11.8 Å². The van der Waals surface area contributed by atoms with E-state index in [-0.39, 0.29) is 29.3 Å². The Morgan fingerprint density at radius 1 is 1.30 bits per heavy atom. The molecule has 2 aliphatic rings. The molecule has 1 amide bonds. The van der Waals surface area contributed by atoms with Crippen LogP contribution in [0.4, 0.5) is 5.69 Å². The van der Waals surface area contributed by atoms with Crippen molar-refractivity contribution in [3.8, 4) is 0 Å². The number of halogens is 1. The summed E-state index contributed by atoms with van der Waals surface area (Å²) in [6.07, 6.45) is 4.54. The van der Waals surface area contributed by atoms with Gasteiger partial charge in [-0.15, -0.1) is 12.4 Å². The normalized spacial score (nSPS) is 21.2. The minimum absolute atomic E-state index is 0. The molecule has 3 N–H and O–H groups in total. The maximum Gasteiger partial charge on any atom is 0.241 e. The molecule has 6 nitrogen and oxygen atoms in total. The molecule has 1 aromatic rings. The number of aryl methyl sites for hydroxylation is 1. The number of hydrogen-bond donors (Lipinski definition) is 3. The lowest BCUT2D eigenvalue weighted by Gasteiger charge is -2.28. The lowest BCUT2D eigenvalue weighted by atomic mass is 9.85. The Kier molecular flexibility index (Phi) is 7.68. The third-order valence-corrected chi connectivity index (χ3v) is 6.97. The van der Waals surface area contributed by atoms with E-state index in [9.17, 15) is 13.2 Å². The Hall–Kier alpha value is -1.15. The number of rotatable bonds is 7. The van der Waals surface area contributed by atoms with Crippen molar-refractivity contribution in [3.05, 3.63) is 23.8 Å². The van der Waals surface area contributed by atoms with Crippen LogP contribution in [0.1, 0.15) is 44.6 Å². The molecule has 27 heavy (non-hydrogen) atoms. The topological polar surface area (TPSA) is 87.3 Å². The summed E-state index contributed by atoms with van der Waals surface area (Å²) >= 11 is 0. The number of hydrogen-bond acceptors (Lipinski definition) is 4. The lowest BCUT2D eigenvalue weighted by Crippen LogP contribution is -2.34. The summed E-state index contributed by atoms with van der Waals surface area (Å²) < 4.78 is 27.7. The van der Waals surface area contributed by atoms with E-state index in [1.165, 1.54) is 0 Å². The highest BCUT2D eigenvalue weighted by molar-refractivity contribution is 7.89. The first-order valence-electron chi connectivity index (χ1n) is 9.49. The average molecular weight is 416 g/mol. The van der Waals surface area contributed by atoms with Gasteiger partial charge in [-0.05, 0) is 75.2 Å². The van der Waals surface area contributed by atoms with Crippen molar-refractivity contribution in [1.82, 2.24) is 10.0 Å². The van der Waals surface area contributed by atoms with Gasteiger partial charge < -0.3 is 10.6 Å². The fraction of sp³-hybridized carbons (Fsp3) is 0.632. The second-order valence-electron chi connectivity index (χ2n) is 7.71. The molecule has 2 fully saturated rings. The fourth-order valence-corrected chi connectivity index (χ4v) is 5.06. The van der Waals surface area contributed by atoms with E-state index in [1.54, 1.807) is 25.1 Å². The number of nitrogens with one attached hydrogen (secondary N) is 3. The molecule has 1 saturated heterocycles. The van der Waals surface area contributed by atoms with E-state index in [4.69, 9.17) is 0 Å². The molecule has 3 rings (SSSR count). The molecule has 2 unspecified atom stereocenters. The first-order chi connectivity index (χ1) is 12.3. The van der Waals surface area contributed by atoms with E-state index < -0.39 is 10.0 Å². The highest BCUT2D eigenvalue weighted by Crippen LogP contribution is 2.26. The van der Waals surface area contributed by atoms with Crippen LogP contribution in [0.15, 0.2) is 23.1 Å². The van der Waals surface area contributed by atoms with Crippen LogP contribution in [0.2, 0.25) is 0 Å². The van der Waals surface area contributed by atoms with Crippen LogP contribution >= 0.6 is 12.4 Å².